The first kappa shape index (κ1) is 14.3. The van der Waals surface area contributed by atoms with E-state index in [9.17, 15) is 0 Å². The molecule has 0 heterocycles. The van der Waals surface area contributed by atoms with Gasteiger partial charge in [-0.25, -0.2) is 0 Å². The lowest BCUT2D eigenvalue weighted by Crippen LogP contribution is -2.59. The molecule has 0 aromatic rings. The average Bonchev–Trinajstić information content (AvgIpc) is 2.94. The Morgan fingerprint density at radius 2 is 2.17 bits per heavy atom. The highest BCUT2D eigenvalue weighted by Gasteiger charge is 2.52. The number of hydrogen-bond donors (Lipinski definition) is 1. The number of rotatable bonds is 7. The Morgan fingerprint density at radius 3 is 2.61 bits per heavy atom. The first-order chi connectivity index (χ1) is 8.62. The van der Waals surface area contributed by atoms with Crippen molar-refractivity contribution >= 4 is 0 Å². The zero-order chi connectivity index (χ0) is 13.2. The topological polar surface area (TPSA) is 38.5 Å². The van der Waals surface area contributed by atoms with Crippen molar-refractivity contribution in [3.63, 3.8) is 0 Å². The molecule has 0 spiro atoms. The molecule has 2 aliphatic rings. The molecule has 2 rings (SSSR count). The number of nitrogens with two attached hydrogens (primary N) is 1. The fourth-order valence-electron chi connectivity index (χ4n) is 4.32. The minimum absolute atomic E-state index is 0.283. The SMILES string of the molecule is COCCN(CC(C)C)C1(CN)CC2CCC1C2. The monoisotopic (exact) mass is 254 g/mol. The van der Waals surface area contributed by atoms with Crippen LogP contribution in [0.25, 0.3) is 0 Å². The van der Waals surface area contributed by atoms with Gasteiger partial charge >= 0.3 is 0 Å². The van der Waals surface area contributed by atoms with Gasteiger partial charge in [-0.3, -0.25) is 4.90 Å². The molecule has 2 saturated carbocycles. The Morgan fingerprint density at radius 1 is 1.39 bits per heavy atom. The molecule has 3 atom stereocenters. The summed E-state index contributed by atoms with van der Waals surface area (Å²) >= 11 is 0. The van der Waals surface area contributed by atoms with Gasteiger partial charge in [0, 0.05) is 32.3 Å². The maximum absolute atomic E-state index is 6.22. The molecule has 0 amide bonds. The maximum atomic E-state index is 6.22. The summed E-state index contributed by atoms with van der Waals surface area (Å²) in [4.78, 5) is 2.66. The molecule has 18 heavy (non-hydrogen) atoms. The van der Waals surface area contributed by atoms with Crippen molar-refractivity contribution in [1.82, 2.24) is 4.90 Å². The summed E-state index contributed by atoms with van der Waals surface area (Å²) in [5.41, 5.74) is 6.50. The zero-order valence-electron chi connectivity index (χ0n) is 12.3. The van der Waals surface area contributed by atoms with Gasteiger partial charge in [-0.2, -0.15) is 0 Å². The minimum Gasteiger partial charge on any atom is -0.383 e. The molecule has 0 aromatic heterocycles. The van der Waals surface area contributed by atoms with Gasteiger partial charge in [-0.15, -0.1) is 0 Å². The van der Waals surface area contributed by atoms with Crippen LogP contribution < -0.4 is 5.73 Å². The van der Waals surface area contributed by atoms with Crippen molar-refractivity contribution in [1.29, 1.82) is 0 Å². The van der Waals surface area contributed by atoms with Crippen molar-refractivity contribution in [2.45, 2.75) is 45.1 Å². The van der Waals surface area contributed by atoms with E-state index in [2.05, 4.69) is 18.7 Å². The van der Waals surface area contributed by atoms with Crippen LogP contribution in [-0.4, -0.2) is 43.8 Å². The van der Waals surface area contributed by atoms with E-state index in [-0.39, 0.29) is 5.54 Å². The van der Waals surface area contributed by atoms with E-state index in [0.29, 0.717) is 5.92 Å². The molecule has 0 saturated heterocycles. The molecule has 2 fully saturated rings. The molecule has 106 valence electrons. The van der Waals surface area contributed by atoms with Crippen LogP contribution in [0.5, 0.6) is 0 Å². The van der Waals surface area contributed by atoms with Crippen molar-refractivity contribution in [2.75, 3.05) is 33.4 Å². The third-order valence-corrected chi connectivity index (χ3v) is 5.08. The Balaban J connectivity index is 2.10. The molecule has 3 unspecified atom stereocenters. The first-order valence-electron chi connectivity index (χ1n) is 7.56. The number of fused-ring (bicyclic) bond motifs is 2. The Bertz CT molecular complexity index is 269. The average molecular weight is 254 g/mol. The summed E-state index contributed by atoms with van der Waals surface area (Å²) in [6, 6.07) is 0. The summed E-state index contributed by atoms with van der Waals surface area (Å²) in [6.45, 7) is 8.45. The molecular weight excluding hydrogens is 224 g/mol. The zero-order valence-corrected chi connectivity index (χ0v) is 12.3. The smallest absolute Gasteiger partial charge is 0.0589 e. The summed E-state index contributed by atoms with van der Waals surface area (Å²) in [5.74, 6) is 2.48. The van der Waals surface area contributed by atoms with E-state index in [0.717, 1.165) is 38.1 Å². The van der Waals surface area contributed by atoms with Crippen LogP contribution in [0, 0.1) is 17.8 Å². The van der Waals surface area contributed by atoms with Crippen LogP contribution in [0.1, 0.15) is 39.5 Å². The molecule has 3 nitrogen and oxygen atoms in total. The quantitative estimate of drug-likeness (QED) is 0.756. The Hall–Kier alpha value is -0.120. The predicted octanol–water partition coefficient (Wildman–Crippen LogP) is 2.11. The molecule has 0 aliphatic heterocycles. The third-order valence-electron chi connectivity index (χ3n) is 5.08. The first-order valence-corrected chi connectivity index (χ1v) is 7.56. The van der Waals surface area contributed by atoms with Crippen LogP contribution in [-0.2, 0) is 4.74 Å². The number of methoxy groups -OCH3 is 1. The van der Waals surface area contributed by atoms with E-state index in [1.807, 2.05) is 0 Å². The van der Waals surface area contributed by atoms with E-state index < -0.39 is 0 Å². The highest BCUT2D eigenvalue weighted by Crippen LogP contribution is 2.53. The summed E-state index contributed by atoms with van der Waals surface area (Å²) in [5, 5.41) is 0. The van der Waals surface area contributed by atoms with Gasteiger partial charge in [0.25, 0.3) is 0 Å². The van der Waals surface area contributed by atoms with Gasteiger partial charge in [-0.05, 0) is 37.0 Å². The third kappa shape index (κ3) is 2.59. The second-order valence-corrected chi connectivity index (χ2v) is 6.72. The largest absolute Gasteiger partial charge is 0.383 e. The van der Waals surface area contributed by atoms with Crippen LogP contribution in [0.15, 0.2) is 0 Å². The molecule has 0 radical (unpaired) electrons. The molecule has 3 heteroatoms. The van der Waals surface area contributed by atoms with Crippen LogP contribution in [0.4, 0.5) is 0 Å². The molecule has 0 aromatic carbocycles. The van der Waals surface area contributed by atoms with Crippen LogP contribution in [0.2, 0.25) is 0 Å². The second kappa shape index (κ2) is 5.89. The van der Waals surface area contributed by atoms with Gasteiger partial charge < -0.3 is 10.5 Å². The fraction of sp³-hybridized carbons (Fsp3) is 1.00. The lowest BCUT2D eigenvalue weighted by atomic mass is 9.79. The highest BCUT2D eigenvalue weighted by molar-refractivity contribution is 5.08. The Labute approximate surface area is 112 Å². The van der Waals surface area contributed by atoms with E-state index in [1.165, 1.54) is 25.7 Å². The normalized spacial score (nSPS) is 35.0. The van der Waals surface area contributed by atoms with Crippen molar-refractivity contribution in [2.24, 2.45) is 23.5 Å². The van der Waals surface area contributed by atoms with Crippen LogP contribution in [0.3, 0.4) is 0 Å². The molecule has 2 bridgehead atoms. The highest BCUT2D eigenvalue weighted by atomic mass is 16.5. The summed E-state index contributed by atoms with van der Waals surface area (Å²) in [7, 11) is 1.80. The van der Waals surface area contributed by atoms with Gasteiger partial charge in [0.2, 0.25) is 0 Å². The van der Waals surface area contributed by atoms with E-state index >= 15 is 0 Å². The Kier molecular flexibility index (Phi) is 4.68. The molecular formula is C15H30N2O. The van der Waals surface area contributed by atoms with Gasteiger partial charge in [0.05, 0.1) is 6.61 Å². The fourth-order valence-corrected chi connectivity index (χ4v) is 4.32. The summed E-state index contributed by atoms with van der Waals surface area (Å²) in [6.07, 6.45) is 5.57. The van der Waals surface area contributed by atoms with Gasteiger partial charge in [0.1, 0.15) is 0 Å². The summed E-state index contributed by atoms with van der Waals surface area (Å²) < 4.78 is 5.30. The van der Waals surface area contributed by atoms with Gasteiger partial charge in [0.15, 0.2) is 0 Å². The molecule has 2 aliphatic carbocycles. The molecule has 2 N–H and O–H groups in total. The lowest BCUT2D eigenvalue weighted by Gasteiger charge is -2.47. The predicted molar refractivity (Wildman–Crippen MR) is 75.5 cm³/mol. The minimum atomic E-state index is 0.283. The van der Waals surface area contributed by atoms with Gasteiger partial charge in [-0.1, -0.05) is 20.3 Å². The van der Waals surface area contributed by atoms with E-state index in [4.69, 9.17) is 10.5 Å². The second-order valence-electron chi connectivity index (χ2n) is 6.72. The van der Waals surface area contributed by atoms with Crippen molar-refractivity contribution in [3.05, 3.63) is 0 Å². The lowest BCUT2D eigenvalue weighted by molar-refractivity contribution is 0.0128. The number of ether oxygens (including phenoxy) is 1. The maximum Gasteiger partial charge on any atom is 0.0589 e. The van der Waals surface area contributed by atoms with Crippen molar-refractivity contribution in [3.8, 4) is 0 Å². The van der Waals surface area contributed by atoms with Crippen LogP contribution >= 0.6 is 0 Å². The standard InChI is InChI=1S/C15H30N2O/c1-12(2)10-17(6-7-18-3)15(11-16)9-13-4-5-14(15)8-13/h12-14H,4-11,16H2,1-3H3. The number of hydrogen-bond acceptors (Lipinski definition) is 3. The van der Waals surface area contributed by atoms with E-state index in [1.54, 1.807) is 7.11 Å². The number of nitrogens with zero attached hydrogens (tertiary/aromatic N) is 1. The van der Waals surface area contributed by atoms with Crippen molar-refractivity contribution < 1.29 is 4.74 Å².